The Hall–Kier alpha value is -0.610. The number of likely N-dealkylation sites (tertiary alicyclic amines) is 1. The summed E-state index contributed by atoms with van der Waals surface area (Å²) >= 11 is 0. The average Bonchev–Trinajstić information content (AvgIpc) is 2.76. The van der Waals surface area contributed by atoms with Gasteiger partial charge in [0.25, 0.3) is 0 Å². The second-order valence-electron chi connectivity index (χ2n) is 6.33. The first-order chi connectivity index (χ1) is 9.08. The molecule has 0 aromatic rings. The van der Waals surface area contributed by atoms with Crippen molar-refractivity contribution in [2.24, 2.45) is 5.41 Å². The lowest BCUT2D eigenvalue weighted by molar-refractivity contribution is -0.150. The van der Waals surface area contributed by atoms with Crippen LogP contribution >= 0.6 is 0 Å². The van der Waals surface area contributed by atoms with Crippen molar-refractivity contribution in [3.05, 3.63) is 0 Å². The van der Waals surface area contributed by atoms with Crippen molar-refractivity contribution in [2.75, 3.05) is 19.6 Å². The number of rotatable bonds is 7. The maximum absolute atomic E-state index is 10.9. The molecule has 2 fully saturated rings. The molecular formula is C15H27NO3. The van der Waals surface area contributed by atoms with Crippen LogP contribution in [0.3, 0.4) is 0 Å². The van der Waals surface area contributed by atoms with Crippen molar-refractivity contribution >= 4 is 5.97 Å². The van der Waals surface area contributed by atoms with Crippen LogP contribution in [0, 0.1) is 5.41 Å². The zero-order chi connectivity index (χ0) is 13.9. The van der Waals surface area contributed by atoms with Crippen LogP contribution < -0.4 is 0 Å². The summed E-state index contributed by atoms with van der Waals surface area (Å²) in [7, 11) is 0. The Morgan fingerprint density at radius 1 is 1.26 bits per heavy atom. The van der Waals surface area contributed by atoms with Gasteiger partial charge in [0.15, 0.2) is 6.10 Å². The maximum Gasteiger partial charge on any atom is 0.332 e. The van der Waals surface area contributed by atoms with Crippen molar-refractivity contribution in [3.63, 3.8) is 0 Å². The van der Waals surface area contributed by atoms with Crippen molar-refractivity contribution in [1.82, 2.24) is 4.90 Å². The van der Waals surface area contributed by atoms with E-state index in [0.717, 1.165) is 13.0 Å². The van der Waals surface area contributed by atoms with Crippen molar-refractivity contribution in [3.8, 4) is 0 Å². The molecule has 2 rings (SSSR count). The van der Waals surface area contributed by atoms with E-state index in [1.165, 1.54) is 38.8 Å². The second-order valence-corrected chi connectivity index (χ2v) is 6.33. The smallest absolute Gasteiger partial charge is 0.332 e. The van der Waals surface area contributed by atoms with Gasteiger partial charge in [0.2, 0.25) is 0 Å². The number of aliphatic carboxylic acids is 1. The van der Waals surface area contributed by atoms with Gasteiger partial charge in [-0.25, -0.2) is 4.79 Å². The first kappa shape index (κ1) is 14.8. The van der Waals surface area contributed by atoms with Gasteiger partial charge in [0.05, 0.1) is 6.10 Å². The van der Waals surface area contributed by atoms with Crippen LogP contribution in [0.15, 0.2) is 0 Å². The molecule has 1 N–H and O–H groups in total. The van der Waals surface area contributed by atoms with Gasteiger partial charge in [0, 0.05) is 19.6 Å². The summed E-state index contributed by atoms with van der Waals surface area (Å²) in [5, 5.41) is 8.92. The Morgan fingerprint density at radius 2 is 1.89 bits per heavy atom. The molecule has 19 heavy (non-hydrogen) atoms. The minimum absolute atomic E-state index is 0.127. The maximum atomic E-state index is 10.9. The quantitative estimate of drug-likeness (QED) is 0.771. The summed E-state index contributed by atoms with van der Waals surface area (Å²) in [4.78, 5) is 13.3. The third-order valence-electron chi connectivity index (χ3n) is 4.52. The van der Waals surface area contributed by atoms with Crippen molar-refractivity contribution in [1.29, 1.82) is 0 Å². The van der Waals surface area contributed by atoms with E-state index in [0.29, 0.717) is 11.8 Å². The predicted molar refractivity (Wildman–Crippen MR) is 74.2 cm³/mol. The largest absolute Gasteiger partial charge is 0.479 e. The third-order valence-corrected chi connectivity index (χ3v) is 4.52. The molecule has 0 aromatic carbocycles. The van der Waals surface area contributed by atoms with E-state index in [1.807, 2.05) is 0 Å². The predicted octanol–water partition coefficient (Wildman–Crippen LogP) is 2.52. The Kier molecular flexibility index (Phi) is 4.85. The highest BCUT2D eigenvalue weighted by molar-refractivity contribution is 5.72. The van der Waals surface area contributed by atoms with Gasteiger partial charge >= 0.3 is 5.97 Å². The van der Waals surface area contributed by atoms with Gasteiger partial charge in [-0.1, -0.05) is 26.7 Å². The van der Waals surface area contributed by atoms with Crippen molar-refractivity contribution < 1.29 is 14.6 Å². The highest BCUT2D eigenvalue weighted by Gasteiger charge is 2.42. The minimum atomic E-state index is -0.808. The Balaban J connectivity index is 1.74. The molecule has 2 aliphatic heterocycles. The number of hydrogen-bond donors (Lipinski definition) is 1. The van der Waals surface area contributed by atoms with E-state index in [4.69, 9.17) is 9.84 Å². The molecule has 2 saturated heterocycles. The zero-order valence-corrected chi connectivity index (χ0v) is 12.2. The average molecular weight is 269 g/mol. The number of carbonyl (C=O) groups is 1. The lowest BCUT2D eigenvalue weighted by Gasteiger charge is -2.51. The first-order valence-electron chi connectivity index (χ1n) is 7.69. The van der Waals surface area contributed by atoms with Gasteiger partial charge in [-0.3, -0.25) is 4.90 Å². The standard InChI is InChI=1S/C15H27NO3/c1-3-7-15(8-4-2)10-16(11-15)9-12-5-6-13(19-12)14(17)18/h12-13H,3-11H2,1-2H3,(H,17,18). The molecule has 110 valence electrons. The van der Waals surface area contributed by atoms with E-state index in [1.54, 1.807) is 0 Å². The molecule has 0 saturated carbocycles. The molecule has 0 spiro atoms. The number of carboxylic acid groups (broad SMARTS) is 1. The van der Waals surface area contributed by atoms with Gasteiger partial charge in [-0.15, -0.1) is 0 Å². The topological polar surface area (TPSA) is 49.8 Å². The molecule has 2 aliphatic rings. The monoisotopic (exact) mass is 269 g/mol. The fourth-order valence-electron chi connectivity index (χ4n) is 3.84. The van der Waals surface area contributed by atoms with Gasteiger partial charge in [-0.05, 0) is 31.1 Å². The van der Waals surface area contributed by atoms with Crippen molar-refractivity contribution in [2.45, 2.75) is 64.6 Å². The van der Waals surface area contributed by atoms with Crippen LogP contribution in [0.2, 0.25) is 0 Å². The molecule has 0 bridgehead atoms. The fourth-order valence-corrected chi connectivity index (χ4v) is 3.84. The Morgan fingerprint density at radius 3 is 2.37 bits per heavy atom. The third kappa shape index (κ3) is 3.48. The van der Waals surface area contributed by atoms with Gasteiger partial charge < -0.3 is 9.84 Å². The molecule has 0 aromatic heterocycles. The molecule has 0 amide bonds. The molecule has 0 aliphatic carbocycles. The summed E-state index contributed by atoms with van der Waals surface area (Å²) in [6.45, 7) is 7.78. The highest BCUT2D eigenvalue weighted by atomic mass is 16.5. The normalized spacial score (nSPS) is 30.2. The van der Waals surface area contributed by atoms with E-state index in [2.05, 4.69) is 18.7 Å². The van der Waals surface area contributed by atoms with Gasteiger partial charge in [-0.2, -0.15) is 0 Å². The first-order valence-corrected chi connectivity index (χ1v) is 7.69. The van der Waals surface area contributed by atoms with Crippen LogP contribution in [0.1, 0.15) is 52.4 Å². The van der Waals surface area contributed by atoms with E-state index in [9.17, 15) is 4.79 Å². The molecule has 4 nitrogen and oxygen atoms in total. The van der Waals surface area contributed by atoms with E-state index >= 15 is 0 Å². The highest BCUT2D eigenvalue weighted by Crippen LogP contribution is 2.40. The lowest BCUT2D eigenvalue weighted by Crippen LogP contribution is -2.57. The number of carboxylic acids is 1. The molecule has 2 unspecified atom stereocenters. The van der Waals surface area contributed by atoms with Crippen LogP contribution in [0.25, 0.3) is 0 Å². The lowest BCUT2D eigenvalue weighted by atomic mass is 9.72. The zero-order valence-electron chi connectivity index (χ0n) is 12.2. The molecule has 4 heteroatoms. The molecule has 2 heterocycles. The van der Waals surface area contributed by atoms with Crippen LogP contribution in [-0.2, 0) is 9.53 Å². The van der Waals surface area contributed by atoms with E-state index in [-0.39, 0.29) is 6.10 Å². The summed E-state index contributed by atoms with van der Waals surface area (Å²) in [5.41, 5.74) is 0.536. The number of hydrogen-bond acceptors (Lipinski definition) is 3. The SMILES string of the molecule is CCCC1(CCC)CN(CC2CCC(C(=O)O)O2)C1. The number of ether oxygens (including phenoxy) is 1. The molecular weight excluding hydrogens is 242 g/mol. The van der Waals surface area contributed by atoms with E-state index < -0.39 is 12.1 Å². The van der Waals surface area contributed by atoms with Gasteiger partial charge in [0.1, 0.15) is 0 Å². The molecule has 0 radical (unpaired) electrons. The Labute approximate surface area is 116 Å². The summed E-state index contributed by atoms with van der Waals surface area (Å²) in [6, 6.07) is 0. The van der Waals surface area contributed by atoms with Crippen LogP contribution in [0.4, 0.5) is 0 Å². The molecule has 2 atom stereocenters. The van der Waals surface area contributed by atoms with Crippen LogP contribution in [-0.4, -0.2) is 47.8 Å². The second kappa shape index (κ2) is 6.23. The minimum Gasteiger partial charge on any atom is -0.479 e. The number of nitrogens with zero attached hydrogens (tertiary/aromatic N) is 1. The fraction of sp³-hybridized carbons (Fsp3) is 0.933. The Bertz CT molecular complexity index is 305. The summed E-state index contributed by atoms with van der Waals surface area (Å²) in [6.07, 6.45) is 6.28. The summed E-state index contributed by atoms with van der Waals surface area (Å²) < 4.78 is 5.58. The van der Waals surface area contributed by atoms with Crippen LogP contribution in [0.5, 0.6) is 0 Å². The summed E-state index contributed by atoms with van der Waals surface area (Å²) in [5.74, 6) is -0.808.